The SMILES string of the molecule is Cn1nccc1C1(F)CC([N+](=O)[O-])=CC=C1c1ccccc1. The van der Waals surface area contributed by atoms with E-state index < -0.39 is 10.6 Å². The minimum atomic E-state index is -1.98. The Morgan fingerprint density at radius 2 is 2.00 bits per heavy atom. The zero-order valence-electron chi connectivity index (χ0n) is 11.9. The average Bonchev–Trinajstić information content (AvgIpc) is 2.95. The number of alkyl halides is 1. The number of hydrogen-bond acceptors (Lipinski definition) is 3. The first-order chi connectivity index (χ1) is 10.5. The maximum Gasteiger partial charge on any atom is 0.250 e. The lowest BCUT2D eigenvalue weighted by atomic mass is 9.80. The second-order valence-corrected chi connectivity index (χ2v) is 5.18. The number of allylic oxidation sites excluding steroid dienone is 4. The Bertz CT molecular complexity index is 780. The standard InChI is InChI=1S/C16H14FN3O2/c1-19-15(9-10-18-19)16(17)11-13(20(21)22)7-8-14(16)12-5-3-2-4-6-12/h2-10H,11H2,1H3. The maximum absolute atomic E-state index is 15.9. The van der Waals surface area contributed by atoms with Crippen LogP contribution in [0.2, 0.25) is 0 Å². The van der Waals surface area contributed by atoms with Crippen LogP contribution in [0.25, 0.3) is 5.57 Å². The molecule has 5 nitrogen and oxygen atoms in total. The summed E-state index contributed by atoms with van der Waals surface area (Å²) in [5.41, 5.74) is -0.727. The molecule has 1 aromatic heterocycles. The molecule has 1 heterocycles. The van der Waals surface area contributed by atoms with Crippen molar-refractivity contribution < 1.29 is 9.31 Å². The lowest BCUT2D eigenvalue weighted by Gasteiger charge is -2.29. The van der Waals surface area contributed by atoms with Gasteiger partial charge in [-0.1, -0.05) is 30.3 Å². The molecule has 1 aliphatic rings. The first kappa shape index (κ1) is 14.2. The number of nitro groups is 1. The van der Waals surface area contributed by atoms with E-state index in [0.717, 1.165) is 0 Å². The normalized spacial score (nSPS) is 21.2. The molecule has 0 saturated carbocycles. The van der Waals surface area contributed by atoms with Crippen molar-refractivity contribution in [1.82, 2.24) is 9.78 Å². The molecule has 2 aromatic rings. The van der Waals surface area contributed by atoms with Gasteiger partial charge in [-0.2, -0.15) is 5.10 Å². The molecular formula is C16H14FN3O2. The zero-order chi connectivity index (χ0) is 15.7. The van der Waals surface area contributed by atoms with E-state index in [1.165, 1.54) is 23.0 Å². The molecule has 0 bridgehead atoms. The number of rotatable bonds is 3. The first-order valence-corrected chi connectivity index (χ1v) is 6.81. The van der Waals surface area contributed by atoms with Gasteiger partial charge in [-0.05, 0) is 17.7 Å². The molecule has 1 atom stereocenters. The highest BCUT2D eigenvalue weighted by molar-refractivity contribution is 5.76. The van der Waals surface area contributed by atoms with Crippen molar-refractivity contribution >= 4 is 5.57 Å². The molecule has 0 amide bonds. The van der Waals surface area contributed by atoms with Gasteiger partial charge in [-0.25, -0.2) is 4.39 Å². The fraction of sp³-hybridized carbons (Fsp3) is 0.188. The molecule has 0 saturated heterocycles. The summed E-state index contributed by atoms with van der Waals surface area (Å²) in [6.45, 7) is 0. The van der Waals surface area contributed by atoms with Crippen LogP contribution in [0.15, 0.2) is 60.4 Å². The van der Waals surface area contributed by atoms with E-state index in [-0.39, 0.29) is 12.1 Å². The lowest BCUT2D eigenvalue weighted by molar-refractivity contribution is -0.430. The summed E-state index contributed by atoms with van der Waals surface area (Å²) in [7, 11) is 1.63. The van der Waals surface area contributed by atoms with Crippen LogP contribution >= 0.6 is 0 Å². The molecule has 6 heteroatoms. The topological polar surface area (TPSA) is 61.0 Å². The smallest absolute Gasteiger partial charge is 0.250 e. The third-order valence-corrected chi connectivity index (χ3v) is 3.84. The summed E-state index contributed by atoms with van der Waals surface area (Å²) in [6, 6.07) is 10.6. The van der Waals surface area contributed by atoms with Gasteiger partial charge in [0.25, 0.3) is 0 Å². The second kappa shape index (κ2) is 5.22. The monoisotopic (exact) mass is 299 g/mol. The van der Waals surface area contributed by atoms with Crippen LogP contribution in [0.5, 0.6) is 0 Å². The highest BCUT2D eigenvalue weighted by Crippen LogP contribution is 2.46. The molecule has 112 valence electrons. The van der Waals surface area contributed by atoms with E-state index >= 15 is 4.39 Å². The minimum absolute atomic E-state index is 0.150. The molecule has 1 unspecified atom stereocenters. The van der Waals surface area contributed by atoms with Crippen LogP contribution in [0.3, 0.4) is 0 Å². The van der Waals surface area contributed by atoms with Crippen molar-refractivity contribution in [3.8, 4) is 0 Å². The van der Waals surface area contributed by atoms with Crippen molar-refractivity contribution in [3.05, 3.63) is 81.8 Å². The minimum Gasteiger partial charge on any atom is -0.269 e. The number of nitrogens with zero attached hydrogens (tertiary/aromatic N) is 3. The van der Waals surface area contributed by atoms with E-state index in [9.17, 15) is 10.1 Å². The predicted molar refractivity (Wildman–Crippen MR) is 80.1 cm³/mol. The molecule has 0 aliphatic heterocycles. The Morgan fingerprint density at radius 1 is 1.27 bits per heavy atom. The lowest BCUT2D eigenvalue weighted by Crippen LogP contribution is -2.29. The molecule has 0 spiro atoms. The van der Waals surface area contributed by atoms with E-state index in [2.05, 4.69) is 5.10 Å². The maximum atomic E-state index is 15.9. The number of benzene rings is 1. The van der Waals surface area contributed by atoms with Crippen LogP contribution in [0.4, 0.5) is 4.39 Å². The van der Waals surface area contributed by atoms with Gasteiger partial charge >= 0.3 is 0 Å². The molecule has 1 aliphatic carbocycles. The number of aryl methyl sites for hydroxylation is 1. The fourth-order valence-electron chi connectivity index (χ4n) is 2.77. The van der Waals surface area contributed by atoms with Crippen LogP contribution in [-0.4, -0.2) is 14.7 Å². The molecule has 0 N–H and O–H groups in total. The van der Waals surface area contributed by atoms with Crippen LogP contribution < -0.4 is 0 Å². The van der Waals surface area contributed by atoms with Crippen molar-refractivity contribution in [2.75, 3.05) is 0 Å². The van der Waals surface area contributed by atoms with Gasteiger partial charge in [0.1, 0.15) is 0 Å². The summed E-state index contributed by atoms with van der Waals surface area (Å²) in [5, 5.41) is 15.1. The Balaban J connectivity index is 2.18. The summed E-state index contributed by atoms with van der Waals surface area (Å²) < 4.78 is 17.3. The summed E-state index contributed by atoms with van der Waals surface area (Å²) >= 11 is 0. The zero-order valence-corrected chi connectivity index (χ0v) is 11.9. The quantitative estimate of drug-likeness (QED) is 0.645. The van der Waals surface area contributed by atoms with Gasteiger partial charge in [-0.15, -0.1) is 0 Å². The molecule has 1 aromatic carbocycles. The number of halogens is 1. The summed E-state index contributed by atoms with van der Waals surface area (Å²) in [4.78, 5) is 10.5. The summed E-state index contributed by atoms with van der Waals surface area (Å²) in [5.74, 6) is 0. The molecule has 3 rings (SSSR count). The average molecular weight is 299 g/mol. The van der Waals surface area contributed by atoms with Gasteiger partial charge in [0, 0.05) is 24.9 Å². The van der Waals surface area contributed by atoms with E-state index in [0.29, 0.717) is 16.8 Å². The van der Waals surface area contributed by atoms with Gasteiger partial charge < -0.3 is 0 Å². The van der Waals surface area contributed by atoms with E-state index in [4.69, 9.17) is 0 Å². The molecular weight excluding hydrogens is 285 g/mol. The van der Waals surface area contributed by atoms with Gasteiger partial charge in [-0.3, -0.25) is 14.8 Å². The van der Waals surface area contributed by atoms with Crippen LogP contribution in [-0.2, 0) is 12.7 Å². The van der Waals surface area contributed by atoms with E-state index in [1.54, 1.807) is 25.2 Å². The van der Waals surface area contributed by atoms with Crippen molar-refractivity contribution in [2.45, 2.75) is 12.1 Å². The van der Waals surface area contributed by atoms with Gasteiger partial charge in [0.05, 0.1) is 17.0 Å². The van der Waals surface area contributed by atoms with Crippen LogP contribution in [0.1, 0.15) is 17.7 Å². The molecule has 22 heavy (non-hydrogen) atoms. The highest BCUT2D eigenvalue weighted by atomic mass is 19.1. The first-order valence-electron chi connectivity index (χ1n) is 6.81. The van der Waals surface area contributed by atoms with Crippen molar-refractivity contribution in [3.63, 3.8) is 0 Å². The highest BCUT2D eigenvalue weighted by Gasteiger charge is 2.45. The number of hydrogen-bond donors (Lipinski definition) is 0. The molecule has 0 fully saturated rings. The third-order valence-electron chi connectivity index (χ3n) is 3.84. The van der Waals surface area contributed by atoms with E-state index in [1.807, 2.05) is 18.2 Å². The summed E-state index contributed by atoms with van der Waals surface area (Å²) in [6.07, 6.45) is 4.03. The van der Waals surface area contributed by atoms with Crippen LogP contribution in [0, 0.1) is 10.1 Å². The Labute approximate surface area is 126 Å². The molecule has 0 radical (unpaired) electrons. The van der Waals surface area contributed by atoms with Gasteiger partial charge in [0.15, 0.2) is 5.67 Å². The number of aromatic nitrogens is 2. The predicted octanol–water partition coefficient (Wildman–Crippen LogP) is 3.23. The second-order valence-electron chi connectivity index (χ2n) is 5.18. The Hall–Kier alpha value is -2.76. The van der Waals surface area contributed by atoms with Gasteiger partial charge in [0.2, 0.25) is 5.70 Å². The van der Waals surface area contributed by atoms with Crippen molar-refractivity contribution in [2.24, 2.45) is 7.05 Å². The van der Waals surface area contributed by atoms with Crippen molar-refractivity contribution in [1.29, 1.82) is 0 Å². The third kappa shape index (κ3) is 2.22. The largest absolute Gasteiger partial charge is 0.269 e. The Morgan fingerprint density at radius 3 is 2.59 bits per heavy atom. The Kier molecular flexibility index (Phi) is 3.36. The fourth-order valence-corrected chi connectivity index (χ4v) is 2.77.